The molecule has 1 aliphatic heterocycles. The molecule has 4 heterocycles. The lowest BCUT2D eigenvalue weighted by atomic mass is 10.0. The van der Waals surface area contributed by atoms with Gasteiger partial charge in [-0.05, 0) is 41.6 Å². The first-order chi connectivity index (χ1) is 15.2. The molecule has 4 aromatic rings. The van der Waals surface area contributed by atoms with Crippen molar-refractivity contribution in [3.63, 3.8) is 0 Å². The van der Waals surface area contributed by atoms with Crippen molar-refractivity contribution in [3.8, 4) is 11.3 Å². The number of amides is 1. The molecule has 0 saturated carbocycles. The third-order valence-electron chi connectivity index (χ3n) is 5.19. The fourth-order valence-corrected chi connectivity index (χ4v) is 3.96. The molecule has 1 aromatic carbocycles. The molecular formula is C22H18IN7O. The van der Waals surface area contributed by atoms with Crippen LogP contribution in [0.5, 0.6) is 0 Å². The van der Waals surface area contributed by atoms with Gasteiger partial charge in [-0.3, -0.25) is 14.9 Å². The highest BCUT2D eigenvalue weighted by Gasteiger charge is 2.14. The Balaban J connectivity index is 1.38. The Labute approximate surface area is 192 Å². The van der Waals surface area contributed by atoms with Gasteiger partial charge in [-0.15, -0.1) is 5.10 Å². The summed E-state index contributed by atoms with van der Waals surface area (Å²) in [6.07, 6.45) is 8.25. The lowest BCUT2D eigenvalue weighted by molar-refractivity contribution is 0.102. The second-order valence-electron chi connectivity index (χ2n) is 7.22. The van der Waals surface area contributed by atoms with Crippen LogP contribution in [0.15, 0.2) is 61.1 Å². The Hall–Kier alpha value is -3.18. The van der Waals surface area contributed by atoms with E-state index in [0.717, 1.165) is 47.2 Å². The third kappa shape index (κ3) is 4.32. The number of anilines is 1. The van der Waals surface area contributed by atoms with Gasteiger partial charge in [0.05, 0.1) is 5.69 Å². The van der Waals surface area contributed by atoms with Crippen LogP contribution in [0.1, 0.15) is 22.5 Å². The highest BCUT2D eigenvalue weighted by Crippen LogP contribution is 2.25. The number of aromatic amines is 1. The van der Waals surface area contributed by atoms with Crippen LogP contribution in [-0.4, -0.2) is 47.5 Å². The van der Waals surface area contributed by atoms with Crippen molar-refractivity contribution >= 4 is 50.9 Å². The van der Waals surface area contributed by atoms with Crippen LogP contribution in [0.3, 0.4) is 0 Å². The molecule has 0 aliphatic carbocycles. The van der Waals surface area contributed by atoms with E-state index in [1.807, 2.05) is 30.3 Å². The molecule has 9 heteroatoms. The topological polar surface area (TPSA) is 99.7 Å². The number of nitrogens with one attached hydrogen (secondary N) is 2. The summed E-state index contributed by atoms with van der Waals surface area (Å²) in [5, 5.41) is 15.4. The highest BCUT2D eigenvalue weighted by molar-refractivity contribution is 14.1. The van der Waals surface area contributed by atoms with Crippen molar-refractivity contribution in [2.24, 2.45) is 0 Å². The van der Waals surface area contributed by atoms with Crippen molar-refractivity contribution in [1.82, 2.24) is 28.5 Å². The summed E-state index contributed by atoms with van der Waals surface area (Å²) in [6.45, 7) is 1.85. The molecule has 31 heavy (non-hydrogen) atoms. The highest BCUT2D eigenvalue weighted by atomic mass is 127. The van der Waals surface area contributed by atoms with Gasteiger partial charge in [0.15, 0.2) is 0 Å². The molecule has 1 amide bonds. The molecule has 0 saturated heterocycles. The number of hydrogen-bond acceptors (Lipinski definition) is 6. The Kier molecular flexibility index (Phi) is 5.43. The van der Waals surface area contributed by atoms with Gasteiger partial charge >= 0.3 is 0 Å². The van der Waals surface area contributed by atoms with Crippen LogP contribution in [0.25, 0.3) is 27.6 Å². The van der Waals surface area contributed by atoms with E-state index < -0.39 is 0 Å². The van der Waals surface area contributed by atoms with E-state index in [1.165, 1.54) is 5.57 Å². The molecule has 8 nitrogen and oxygen atoms in total. The monoisotopic (exact) mass is 523 g/mol. The zero-order valence-corrected chi connectivity index (χ0v) is 18.6. The average Bonchev–Trinajstić information content (AvgIpc) is 3.34. The van der Waals surface area contributed by atoms with Crippen molar-refractivity contribution < 1.29 is 4.79 Å². The summed E-state index contributed by atoms with van der Waals surface area (Å²) in [7, 11) is 0. The molecular weight excluding hydrogens is 505 g/mol. The SMILES string of the molecule is O=C(Nc1cc2cc(-c3c[nH]nn3)ccc2cn1)c1ccnc(C2=CCN(I)CC2)c1. The van der Waals surface area contributed by atoms with Crippen LogP contribution < -0.4 is 5.32 Å². The maximum atomic E-state index is 12.9. The second-order valence-corrected chi connectivity index (χ2v) is 8.59. The van der Waals surface area contributed by atoms with Crippen molar-refractivity contribution in [1.29, 1.82) is 0 Å². The standard InChI is InChI=1S/C22H18IN7O/c23-30-7-4-14(5-8-30)19-10-16(3-6-24-19)22(31)27-21-11-18-9-15(20-13-26-29-28-20)1-2-17(18)12-25-21/h1-4,6,9-13H,5,7-8H2,(H,25,27,31)(H,26,28,29). The fourth-order valence-electron chi connectivity index (χ4n) is 3.52. The third-order valence-corrected chi connectivity index (χ3v) is 6.06. The van der Waals surface area contributed by atoms with Gasteiger partial charge in [0.2, 0.25) is 0 Å². The number of benzene rings is 1. The smallest absolute Gasteiger partial charge is 0.256 e. The Morgan fingerprint density at radius 3 is 2.84 bits per heavy atom. The zero-order valence-electron chi connectivity index (χ0n) is 16.4. The number of aromatic nitrogens is 5. The molecule has 5 rings (SSSR count). The van der Waals surface area contributed by atoms with Gasteiger partial charge in [0.1, 0.15) is 11.5 Å². The molecule has 2 N–H and O–H groups in total. The summed E-state index contributed by atoms with van der Waals surface area (Å²) >= 11 is 2.32. The molecule has 0 spiro atoms. The van der Waals surface area contributed by atoms with Gasteiger partial charge in [-0.2, -0.15) is 0 Å². The van der Waals surface area contributed by atoms with Crippen molar-refractivity contribution in [2.75, 3.05) is 18.4 Å². The number of H-pyrrole nitrogens is 1. The van der Waals surface area contributed by atoms with Crippen LogP contribution in [0.2, 0.25) is 0 Å². The minimum atomic E-state index is -0.213. The van der Waals surface area contributed by atoms with Crippen LogP contribution >= 0.6 is 22.9 Å². The quantitative estimate of drug-likeness (QED) is 0.309. The van der Waals surface area contributed by atoms with Crippen molar-refractivity contribution in [2.45, 2.75) is 6.42 Å². The summed E-state index contributed by atoms with van der Waals surface area (Å²) in [5.41, 5.74) is 4.28. The molecule has 1 aliphatic rings. The van der Waals surface area contributed by atoms with Gasteiger partial charge in [-0.25, -0.2) is 8.10 Å². The minimum absolute atomic E-state index is 0.213. The first kappa shape index (κ1) is 19.8. The maximum absolute atomic E-state index is 12.9. The van der Waals surface area contributed by atoms with E-state index in [4.69, 9.17) is 0 Å². The summed E-state index contributed by atoms with van der Waals surface area (Å²) < 4.78 is 2.22. The maximum Gasteiger partial charge on any atom is 0.256 e. The van der Waals surface area contributed by atoms with Gasteiger partial charge in [0, 0.05) is 71.1 Å². The Morgan fingerprint density at radius 2 is 2.03 bits per heavy atom. The normalized spacial score (nSPS) is 14.4. The number of rotatable bonds is 4. The number of halogens is 1. The van der Waals surface area contributed by atoms with E-state index in [0.29, 0.717) is 11.4 Å². The van der Waals surface area contributed by atoms with E-state index in [2.05, 4.69) is 62.7 Å². The Bertz CT molecular complexity index is 1290. The van der Waals surface area contributed by atoms with Gasteiger partial charge in [0.25, 0.3) is 5.91 Å². The summed E-state index contributed by atoms with van der Waals surface area (Å²) in [6, 6.07) is 11.4. The average molecular weight is 523 g/mol. The summed E-state index contributed by atoms with van der Waals surface area (Å²) in [5.74, 6) is 0.278. The predicted molar refractivity (Wildman–Crippen MR) is 127 cm³/mol. The first-order valence-corrected chi connectivity index (χ1v) is 10.8. The van der Waals surface area contributed by atoms with Gasteiger partial charge < -0.3 is 5.32 Å². The lowest BCUT2D eigenvalue weighted by Crippen LogP contribution is -2.18. The first-order valence-electron chi connectivity index (χ1n) is 9.80. The molecule has 0 fully saturated rings. The van der Waals surface area contributed by atoms with Gasteiger partial charge in [-0.1, -0.05) is 23.4 Å². The van der Waals surface area contributed by atoms with E-state index in [-0.39, 0.29) is 5.91 Å². The lowest BCUT2D eigenvalue weighted by Gasteiger charge is -2.19. The Morgan fingerprint density at radius 1 is 1.10 bits per heavy atom. The molecule has 0 atom stereocenters. The molecule has 0 unspecified atom stereocenters. The van der Waals surface area contributed by atoms with E-state index in [9.17, 15) is 4.79 Å². The molecule has 154 valence electrons. The fraction of sp³-hybridized carbons (Fsp3) is 0.136. The molecule has 3 aromatic heterocycles. The number of fused-ring (bicyclic) bond motifs is 1. The van der Waals surface area contributed by atoms with Crippen LogP contribution in [0, 0.1) is 0 Å². The number of pyridine rings is 2. The van der Waals surface area contributed by atoms with E-state index in [1.54, 1.807) is 24.7 Å². The molecule has 0 bridgehead atoms. The summed E-state index contributed by atoms with van der Waals surface area (Å²) in [4.78, 5) is 21.7. The molecule has 0 radical (unpaired) electrons. The van der Waals surface area contributed by atoms with Crippen LogP contribution in [-0.2, 0) is 0 Å². The zero-order chi connectivity index (χ0) is 21.2. The van der Waals surface area contributed by atoms with Crippen molar-refractivity contribution in [3.05, 3.63) is 72.3 Å². The van der Waals surface area contributed by atoms with Crippen LogP contribution in [0.4, 0.5) is 5.82 Å². The minimum Gasteiger partial charge on any atom is -0.307 e. The number of carbonyl (C=O) groups excluding carboxylic acids is 1. The predicted octanol–water partition coefficient (Wildman–Crippen LogP) is 4.11. The number of nitrogens with zero attached hydrogens (tertiary/aromatic N) is 5. The largest absolute Gasteiger partial charge is 0.307 e. The van der Waals surface area contributed by atoms with E-state index >= 15 is 0 Å². The second kappa shape index (κ2) is 8.52. The number of hydrogen-bond donors (Lipinski definition) is 2. The number of carbonyl (C=O) groups is 1.